The molecule has 0 saturated carbocycles. The zero-order valence-corrected chi connectivity index (χ0v) is 10.8. The van der Waals surface area contributed by atoms with Gasteiger partial charge in [-0.3, -0.25) is 0 Å². The maximum absolute atomic E-state index is 13.1. The molecule has 1 heterocycles. The minimum absolute atomic E-state index is 0.168. The number of nitrogens with one attached hydrogen (secondary N) is 1. The molecule has 0 bridgehead atoms. The Morgan fingerprint density at radius 3 is 2.74 bits per heavy atom. The summed E-state index contributed by atoms with van der Waals surface area (Å²) in [7, 11) is 0. The van der Waals surface area contributed by atoms with Gasteiger partial charge in [-0.25, -0.2) is 0 Å². The lowest BCUT2D eigenvalue weighted by Crippen LogP contribution is -2.41. The second-order valence-electron chi connectivity index (χ2n) is 4.69. The summed E-state index contributed by atoms with van der Waals surface area (Å²) in [6, 6.07) is 6.26. The zero-order valence-electron chi connectivity index (χ0n) is 10.8. The van der Waals surface area contributed by atoms with Gasteiger partial charge in [0, 0.05) is 11.6 Å². The van der Waals surface area contributed by atoms with Crippen LogP contribution in [0.1, 0.15) is 31.4 Å². The number of alkyl halides is 3. The SMILES string of the molecule is CCOc1ccccc1C1NCCCC1C(F)(F)F. The third-order valence-electron chi connectivity index (χ3n) is 3.43. The van der Waals surface area contributed by atoms with Crippen molar-refractivity contribution in [1.29, 1.82) is 0 Å². The molecule has 0 radical (unpaired) electrons. The normalized spacial score (nSPS) is 24.2. The Kier molecular flexibility index (Phi) is 4.34. The molecule has 2 rings (SSSR count). The van der Waals surface area contributed by atoms with Gasteiger partial charge >= 0.3 is 6.18 Å². The van der Waals surface area contributed by atoms with Gasteiger partial charge in [0.2, 0.25) is 0 Å². The van der Waals surface area contributed by atoms with E-state index in [9.17, 15) is 13.2 Å². The molecule has 1 aliphatic rings. The van der Waals surface area contributed by atoms with E-state index in [1.54, 1.807) is 24.3 Å². The van der Waals surface area contributed by atoms with E-state index in [4.69, 9.17) is 4.74 Å². The Balaban J connectivity index is 2.32. The molecule has 0 amide bonds. The predicted octanol–water partition coefficient (Wildman–Crippen LogP) is 3.69. The van der Waals surface area contributed by atoms with Crippen LogP contribution in [0.2, 0.25) is 0 Å². The van der Waals surface area contributed by atoms with Crippen molar-refractivity contribution >= 4 is 0 Å². The first-order valence-electron chi connectivity index (χ1n) is 6.56. The number of benzene rings is 1. The van der Waals surface area contributed by atoms with Crippen LogP contribution in [0.4, 0.5) is 13.2 Å². The second-order valence-corrected chi connectivity index (χ2v) is 4.69. The fraction of sp³-hybridized carbons (Fsp3) is 0.571. The molecule has 0 aliphatic carbocycles. The summed E-state index contributed by atoms with van der Waals surface area (Å²) in [4.78, 5) is 0. The monoisotopic (exact) mass is 273 g/mol. The van der Waals surface area contributed by atoms with Gasteiger partial charge in [0.1, 0.15) is 5.75 Å². The lowest BCUT2D eigenvalue weighted by molar-refractivity contribution is -0.189. The molecule has 1 fully saturated rings. The Morgan fingerprint density at radius 2 is 2.05 bits per heavy atom. The van der Waals surface area contributed by atoms with Gasteiger partial charge in [-0.15, -0.1) is 0 Å². The van der Waals surface area contributed by atoms with Gasteiger partial charge in [0.05, 0.1) is 12.5 Å². The molecule has 2 nitrogen and oxygen atoms in total. The lowest BCUT2D eigenvalue weighted by atomic mass is 9.85. The largest absolute Gasteiger partial charge is 0.494 e. The fourth-order valence-electron chi connectivity index (χ4n) is 2.59. The van der Waals surface area contributed by atoms with Crippen molar-refractivity contribution in [3.63, 3.8) is 0 Å². The summed E-state index contributed by atoms with van der Waals surface area (Å²) in [5, 5.41) is 2.99. The van der Waals surface area contributed by atoms with Crippen molar-refractivity contribution < 1.29 is 17.9 Å². The van der Waals surface area contributed by atoms with Crippen LogP contribution < -0.4 is 10.1 Å². The van der Waals surface area contributed by atoms with E-state index in [-0.39, 0.29) is 6.42 Å². The molecule has 0 spiro atoms. The van der Waals surface area contributed by atoms with Crippen LogP contribution in [-0.2, 0) is 0 Å². The number of rotatable bonds is 3. The first-order chi connectivity index (χ1) is 9.04. The molecule has 1 aromatic carbocycles. The van der Waals surface area contributed by atoms with E-state index in [1.807, 2.05) is 6.92 Å². The number of piperidine rings is 1. The third-order valence-corrected chi connectivity index (χ3v) is 3.43. The quantitative estimate of drug-likeness (QED) is 0.907. The van der Waals surface area contributed by atoms with E-state index in [0.29, 0.717) is 30.9 Å². The van der Waals surface area contributed by atoms with Gasteiger partial charge < -0.3 is 10.1 Å². The van der Waals surface area contributed by atoms with Gasteiger partial charge in [0.25, 0.3) is 0 Å². The van der Waals surface area contributed by atoms with Crippen LogP contribution in [0, 0.1) is 5.92 Å². The fourth-order valence-corrected chi connectivity index (χ4v) is 2.59. The van der Waals surface area contributed by atoms with Crippen molar-refractivity contribution in [3.8, 4) is 5.75 Å². The highest BCUT2D eigenvalue weighted by atomic mass is 19.4. The molecule has 106 valence electrons. The average Bonchev–Trinajstić information content (AvgIpc) is 2.39. The first kappa shape index (κ1) is 14.2. The molecule has 2 unspecified atom stereocenters. The van der Waals surface area contributed by atoms with Crippen molar-refractivity contribution in [2.45, 2.75) is 32.0 Å². The molecule has 1 aromatic rings. The highest BCUT2D eigenvalue weighted by Crippen LogP contribution is 2.43. The topological polar surface area (TPSA) is 21.3 Å². The molecular weight excluding hydrogens is 255 g/mol. The number of para-hydroxylation sites is 1. The highest BCUT2D eigenvalue weighted by molar-refractivity contribution is 5.36. The van der Waals surface area contributed by atoms with Crippen LogP contribution in [0.15, 0.2) is 24.3 Å². The molecule has 1 saturated heterocycles. The van der Waals surface area contributed by atoms with Crippen LogP contribution in [0.25, 0.3) is 0 Å². The van der Waals surface area contributed by atoms with Crippen molar-refractivity contribution in [1.82, 2.24) is 5.32 Å². The van der Waals surface area contributed by atoms with Crippen molar-refractivity contribution in [3.05, 3.63) is 29.8 Å². The molecule has 2 atom stereocenters. The van der Waals surface area contributed by atoms with E-state index < -0.39 is 18.1 Å². The summed E-state index contributed by atoms with van der Waals surface area (Å²) in [6.45, 7) is 2.88. The van der Waals surface area contributed by atoms with E-state index >= 15 is 0 Å². The Labute approximate surface area is 111 Å². The smallest absolute Gasteiger partial charge is 0.393 e. The summed E-state index contributed by atoms with van der Waals surface area (Å²) in [6.07, 6.45) is -3.46. The van der Waals surface area contributed by atoms with E-state index in [0.717, 1.165) is 0 Å². The highest BCUT2D eigenvalue weighted by Gasteiger charge is 2.46. The standard InChI is InChI=1S/C14H18F3NO/c1-2-19-12-8-4-3-6-10(12)13-11(14(15,16)17)7-5-9-18-13/h3-4,6,8,11,13,18H,2,5,7,9H2,1H3. The summed E-state index contributed by atoms with van der Waals surface area (Å²) in [5.41, 5.74) is 0.603. The number of hydrogen-bond acceptors (Lipinski definition) is 2. The molecule has 5 heteroatoms. The maximum Gasteiger partial charge on any atom is 0.393 e. The Hall–Kier alpha value is -1.23. The van der Waals surface area contributed by atoms with E-state index in [1.165, 1.54) is 0 Å². The third kappa shape index (κ3) is 3.21. The van der Waals surface area contributed by atoms with Crippen LogP contribution in [0.5, 0.6) is 5.75 Å². The zero-order chi connectivity index (χ0) is 13.9. The molecule has 1 aliphatic heterocycles. The van der Waals surface area contributed by atoms with Gasteiger partial charge in [0.15, 0.2) is 0 Å². The maximum atomic E-state index is 13.1. The van der Waals surface area contributed by atoms with Gasteiger partial charge in [-0.2, -0.15) is 13.2 Å². The molecule has 19 heavy (non-hydrogen) atoms. The lowest BCUT2D eigenvalue weighted by Gasteiger charge is -2.35. The number of halogens is 3. The Bertz CT molecular complexity index is 419. The average molecular weight is 273 g/mol. The first-order valence-corrected chi connectivity index (χ1v) is 6.56. The summed E-state index contributed by atoms with van der Waals surface area (Å²) < 4.78 is 44.8. The molecule has 0 aromatic heterocycles. The van der Waals surface area contributed by atoms with Crippen LogP contribution in [-0.4, -0.2) is 19.3 Å². The second kappa shape index (κ2) is 5.82. The summed E-state index contributed by atoms with van der Waals surface area (Å²) >= 11 is 0. The molecule has 1 N–H and O–H groups in total. The number of hydrogen-bond donors (Lipinski definition) is 1. The number of ether oxygens (including phenoxy) is 1. The predicted molar refractivity (Wildman–Crippen MR) is 67.1 cm³/mol. The minimum Gasteiger partial charge on any atom is -0.494 e. The van der Waals surface area contributed by atoms with Gasteiger partial charge in [-0.1, -0.05) is 18.2 Å². The minimum atomic E-state index is -4.18. The Morgan fingerprint density at radius 1 is 1.32 bits per heavy atom. The molecular formula is C14H18F3NO. The van der Waals surface area contributed by atoms with Crippen LogP contribution in [0.3, 0.4) is 0 Å². The summed E-state index contributed by atoms with van der Waals surface area (Å²) in [5.74, 6) is -0.804. The van der Waals surface area contributed by atoms with Crippen molar-refractivity contribution in [2.24, 2.45) is 5.92 Å². The van der Waals surface area contributed by atoms with E-state index in [2.05, 4.69) is 5.32 Å². The van der Waals surface area contributed by atoms with Crippen molar-refractivity contribution in [2.75, 3.05) is 13.2 Å². The van der Waals surface area contributed by atoms with Gasteiger partial charge in [-0.05, 0) is 32.4 Å². The van der Waals surface area contributed by atoms with Crippen LogP contribution >= 0.6 is 0 Å².